The van der Waals surface area contributed by atoms with Gasteiger partial charge in [0.15, 0.2) is 0 Å². The molecular formula is C13H18ClNO2S. The molecule has 0 aliphatic heterocycles. The van der Waals surface area contributed by atoms with E-state index in [4.69, 9.17) is 11.6 Å². The Kier molecular flexibility index (Phi) is 6.36. The predicted molar refractivity (Wildman–Crippen MR) is 76.1 cm³/mol. The van der Waals surface area contributed by atoms with Gasteiger partial charge in [-0.05, 0) is 31.0 Å². The van der Waals surface area contributed by atoms with Crippen molar-refractivity contribution in [2.24, 2.45) is 0 Å². The second-order valence-electron chi connectivity index (χ2n) is 4.09. The molecule has 0 aromatic heterocycles. The van der Waals surface area contributed by atoms with Crippen LogP contribution in [0.5, 0.6) is 0 Å². The fraction of sp³-hybridized carbons (Fsp3) is 0.462. The summed E-state index contributed by atoms with van der Waals surface area (Å²) >= 11 is 5.86. The lowest BCUT2D eigenvalue weighted by Crippen LogP contribution is -2.36. The van der Waals surface area contributed by atoms with E-state index in [1.807, 2.05) is 19.1 Å². The largest absolute Gasteiger partial charge is 0.355 e. The molecule has 2 unspecified atom stereocenters. The maximum atomic E-state index is 12.0. The SMILES string of the molecule is CCCNC(=O)C(C)S(=O)Cc1cccc(Cl)c1. The van der Waals surface area contributed by atoms with Gasteiger partial charge in [-0.15, -0.1) is 0 Å². The molecule has 0 bridgehead atoms. The Labute approximate surface area is 115 Å². The molecule has 18 heavy (non-hydrogen) atoms. The summed E-state index contributed by atoms with van der Waals surface area (Å²) in [5, 5.41) is 2.87. The van der Waals surface area contributed by atoms with Crippen molar-refractivity contribution in [3.63, 3.8) is 0 Å². The molecule has 0 heterocycles. The van der Waals surface area contributed by atoms with E-state index in [9.17, 15) is 9.00 Å². The van der Waals surface area contributed by atoms with Crippen LogP contribution < -0.4 is 5.32 Å². The zero-order valence-corrected chi connectivity index (χ0v) is 12.2. The van der Waals surface area contributed by atoms with Crippen LogP contribution in [0.4, 0.5) is 0 Å². The minimum Gasteiger partial charge on any atom is -0.355 e. The molecule has 1 N–H and O–H groups in total. The first-order chi connectivity index (χ1) is 8.54. The van der Waals surface area contributed by atoms with E-state index in [2.05, 4.69) is 5.32 Å². The van der Waals surface area contributed by atoms with Crippen LogP contribution in [0.1, 0.15) is 25.8 Å². The van der Waals surface area contributed by atoms with E-state index < -0.39 is 16.0 Å². The Bertz CT molecular complexity index is 437. The highest BCUT2D eigenvalue weighted by atomic mass is 35.5. The van der Waals surface area contributed by atoms with Crippen LogP contribution >= 0.6 is 11.6 Å². The zero-order valence-electron chi connectivity index (χ0n) is 10.6. The van der Waals surface area contributed by atoms with Gasteiger partial charge in [0.2, 0.25) is 5.91 Å². The Hall–Kier alpha value is -0.870. The van der Waals surface area contributed by atoms with Gasteiger partial charge in [-0.2, -0.15) is 0 Å². The van der Waals surface area contributed by atoms with Gasteiger partial charge < -0.3 is 5.32 Å². The number of hydrogen-bond acceptors (Lipinski definition) is 2. The summed E-state index contributed by atoms with van der Waals surface area (Å²) in [4.78, 5) is 11.7. The first kappa shape index (κ1) is 15.2. The van der Waals surface area contributed by atoms with Crippen molar-refractivity contribution in [2.45, 2.75) is 31.3 Å². The van der Waals surface area contributed by atoms with E-state index in [1.165, 1.54) is 0 Å². The molecule has 100 valence electrons. The highest BCUT2D eigenvalue weighted by Crippen LogP contribution is 2.13. The third kappa shape index (κ3) is 4.78. The molecule has 0 saturated heterocycles. The van der Waals surface area contributed by atoms with Gasteiger partial charge in [-0.25, -0.2) is 0 Å². The molecule has 0 aliphatic carbocycles. The number of halogens is 1. The van der Waals surface area contributed by atoms with E-state index in [0.29, 0.717) is 17.3 Å². The minimum atomic E-state index is -1.23. The van der Waals surface area contributed by atoms with E-state index >= 15 is 0 Å². The maximum Gasteiger partial charge on any atom is 0.235 e. The number of nitrogens with one attached hydrogen (secondary N) is 1. The van der Waals surface area contributed by atoms with Gasteiger partial charge in [0.05, 0.1) is 0 Å². The third-order valence-corrected chi connectivity index (χ3v) is 4.37. The second kappa shape index (κ2) is 7.54. The molecule has 1 aromatic rings. The van der Waals surface area contributed by atoms with Gasteiger partial charge in [0.1, 0.15) is 5.25 Å². The van der Waals surface area contributed by atoms with Crippen molar-refractivity contribution in [2.75, 3.05) is 6.54 Å². The number of carbonyl (C=O) groups excluding carboxylic acids is 1. The number of benzene rings is 1. The monoisotopic (exact) mass is 287 g/mol. The first-order valence-electron chi connectivity index (χ1n) is 5.94. The molecule has 0 saturated carbocycles. The van der Waals surface area contributed by atoms with Crippen LogP contribution in [0.15, 0.2) is 24.3 Å². The lowest BCUT2D eigenvalue weighted by molar-refractivity contribution is -0.120. The summed E-state index contributed by atoms with van der Waals surface area (Å²) in [7, 11) is -1.23. The molecule has 3 nitrogen and oxygen atoms in total. The molecular weight excluding hydrogens is 270 g/mol. The van der Waals surface area contributed by atoms with Crippen LogP contribution in [0, 0.1) is 0 Å². The van der Waals surface area contributed by atoms with Gasteiger partial charge in [-0.3, -0.25) is 9.00 Å². The summed E-state index contributed by atoms with van der Waals surface area (Å²) in [5.41, 5.74) is 0.885. The average Bonchev–Trinajstić information content (AvgIpc) is 2.35. The molecule has 0 spiro atoms. The summed E-state index contributed by atoms with van der Waals surface area (Å²) in [5.74, 6) is 0.193. The van der Waals surface area contributed by atoms with Gasteiger partial charge >= 0.3 is 0 Å². The van der Waals surface area contributed by atoms with Crippen molar-refractivity contribution >= 4 is 28.3 Å². The Morgan fingerprint density at radius 3 is 2.83 bits per heavy atom. The topological polar surface area (TPSA) is 46.2 Å². The molecule has 1 amide bonds. The number of carbonyl (C=O) groups is 1. The molecule has 0 radical (unpaired) electrons. The van der Waals surface area contributed by atoms with Crippen LogP contribution in [0.3, 0.4) is 0 Å². The van der Waals surface area contributed by atoms with Crippen molar-refractivity contribution in [3.8, 4) is 0 Å². The molecule has 1 aromatic carbocycles. The van der Waals surface area contributed by atoms with Crippen LogP contribution in [-0.4, -0.2) is 21.9 Å². The lowest BCUT2D eigenvalue weighted by atomic mass is 10.2. The highest BCUT2D eigenvalue weighted by molar-refractivity contribution is 7.85. The fourth-order valence-electron chi connectivity index (χ4n) is 1.43. The summed E-state index contributed by atoms with van der Waals surface area (Å²) in [6.45, 7) is 4.29. The molecule has 1 rings (SSSR count). The van der Waals surface area contributed by atoms with Crippen molar-refractivity contribution in [1.29, 1.82) is 0 Å². The van der Waals surface area contributed by atoms with Crippen molar-refractivity contribution in [3.05, 3.63) is 34.9 Å². The van der Waals surface area contributed by atoms with Crippen molar-refractivity contribution in [1.82, 2.24) is 5.32 Å². The Morgan fingerprint density at radius 2 is 2.22 bits per heavy atom. The van der Waals surface area contributed by atoms with Crippen molar-refractivity contribution < 1.29 is 9.00 Å². The average molecular weight is 288 g/mol. The number of hydrogen-bond donors (Lipinski definition) is 1. The Balaban J connectivity index is 2.57. The number of amides is 1. The van der Waals surface area contributed by atoms with Gasteiger partial charge in [0.25, 0.3) is 0 Å². The van der Waals surface area contributed by atoms with Gasteiger partial charge in [-0.1, -0.05) is 30.7 Å². The summed E-state index contributed by atoms with van der Waals surface area (Å²) in [6.07, 6.45) is 0.874. The molecule has 0 aliphatic rings. The summed E-state index contributed by atoms with van der Waals surface area (Å²) < 4.78 is 12.0. The maximum absolute atomic E-state index is 12.0. The molecule has 0 fully saturated rings. The first-order valence-corrected chi connectivity index (χ1v) is 7.70. The quantitative estimate of drug-likeness (QED) is 0.874. The lowest BCUT2D eigenvalue weighted by Gasteiger charge is -2.11. The van der Waals surface area contributed by atoms with Crippen LogP contribution in [0.2, 0.25) is 5.02 Å². The zero-order chi connectivity index (χ0) is 13.5. The molecule has 2 atom stereocenters. The van der Waals surface area contributed by atoms with E-state index in [0.717, 1.165) is 12.0 Å². The summed E-state index contributed by atoms with van der Waals surface area (Å²) in [6, 6.07) is 7.22. The van der Waals surface area contributed by atoms with E-state index in [1.54, 1.807) is 19.1 Å². The second-order valence-corrected chi connectivity index (χ2v) is 6.28. The van der Waals surface area contributed by atoms with Crippen LogP contribution in [-0.2, 0) is 21.3 Å². The minimum absolute atomic E-state index is 0.155. The van der Waals surface area contributed by atoms with Gasteiger partial charge in [0, 0.05) is 28.1 Å². The highest BCUT2D eigenvalue weighted by Gasteiger charge is 2.19. The predicted octanol–water partition coefficient (Wildman–Crippen LogP) is 2.50. The standard InChI is InChI=1S/C13H18ClNO2S/c1-3-7-15-13(16)10(2)18(17)9-11-5-4-6-12(14)8-11/h4-6,8,10H,3,7,9H2,1-2H3,(H,15,16). The Morgan fingerprint density at radius 1 is 1.50 bits per heavy atom. The normalized spacial score (nSPS) is 13.9. The fourth-order valence-corrected chi connectivity index (χ4v) is 2.72. The van der Waals surface area contributed by atoms with Crippen LogP contribution in [0.25, 0.3) is 0 Å². The third-order valence-electron chi connectivity index (χ3n) is 2.51. The smallest absolute Gasteiger partial charge is 0.235 e. The number of rotatable bonds is 6. The van der Waals surface area contributed by atoms with E-state index in [-0.39, 0.29) is 5.91 Å². The molecule has 5 heteroatoms.